The summed E-state index contributed by atoms with van der Waals surface area (Å²) in [7, 11) is 0. The van der Waals surface area contributed by atoms with Crippen LogP contribution >= 0.6 is 0 Å². The van der Waals surface area contributed by atoms with Gasteiger partial charge in [-0.3, -0.25) is 4.79 Å². The molecule has 0 radical (unpaired) electrons. The van der Waals surface area contributed by atoms with Crippen LogP contribution in [0.1, 0.15) is 56.7 Å². The van der Waals surface area contributed by atoms with Crippen LogP contribution in [0.25, 0.3) is 0 Å². The average Bonchev–Trinajstić information content (AvgIpc) is 3.11. The van der Waals surface area contributed by atoms with Crippen molar-refractivity contribution in [2.75, 3.05) is 19.7 Å². The van der Waals surface area contributed by atoms with Crippen molar-refractivity contribution < 1.29 is 14.6 Å². The van der Waals surface area contributed by atoms with E-state index in [1.54, 1.807) is 0 Å². The Kier molecular flexibility index (Phi) is 5.42. The lowest BCUT2D eigenvalue weighted by Gasteiger charge is -2.40. The van der Waals surface area contributed by atoms with Crippen LogP contribution in [0.4, 0.5) is 0 Å². The Morgan fingerprint density at radius 2 is 2.00 bits per heavy atom. The van der Waals surface area contributed by atoms with Crippen LogP contribution in [0.5, 0.6) is 5.75 Å². The molecule has 4 rings (SSSR count). The number of nitrogens with one attached hydrogen (secondary N) is 1. The normalized spacial score (nSPS) is 27.0. The molecule has 1 aliphatic carbocycles. The number of aliphatic hydroxyl groups is 1. The minimum absolute atomic E-state index is 0.00470. The van der Waals surface area contributed by atoms with Gasteiger partial charge in [0.05, 0.1) is 18.8 Å². The van der Waals surface area contributed by atoms with Crippen LogP contribution < -0.4 is 10.1 Å². The Morgan fingerprint density at radius 3 is 2.67 bits per heavy atom. The highest BCUT2D eigenvalue weighted by molar-refractivity contribution is 5.79. The van der Waals surface area contributed by atoms with Gasteiger partial charge in [-0.25, -0.2) is 0 Å². The summed E-state index contributed by atoms with van der Waals surface area (Å²) in [6.45, 7) is 7.18. The summed E-state index contributed by atoms with van der Waals surface area (Å²) in [4.78, 5) is 15.4. The molecule has 27 heavy (non-hydrogen) atoms. The second-order valence-corrected chi connectivity index (χ2v) is 8.74. The van der Waals surface area contributed by atoms with Gasteiger partial charge in [0.1, 0.15) is 5.75 Å². The largest absolute Gasteiger partial charge is 0.493 e. The molecule has 0 bridgehead atoms. The van der Waals surface area contributed by atoms with Crippen LogP contribution in [-0.2, 0) is 11.2 Å². The van der Waals surface area contributed by atoms with Gasteiger partial charge in [-0.1, -0.05) is 6.07 Å². The van der Waals surface area contributed by atoms with E-state index >= 15 is 0 Å². The maximum atomic E-state index is 13.0. The van der Waals surface area contributed by atoms with E-state index in [9.17, 15) is 9.90 Å². The topological polar surface area (TPSA) is 61.8 Å². The molecule has 1 aromatic carbocycles. The van der Waals surface area contributed by atoms with E-state index in [-0.39, 0.29) is 24.0 Å². The molecule has 2 aliphatic heterocycles. The quantitative estimate of drug-likeness (QED) is 0.834. The number of carbonyl (C=O) groups excluding carboxylic acids is 1. The maximum absolute atomic E-state index is 13.0. The zero-order chi connectivity index (χ0) is 19.0. The summed E-state index contributed by atoms with van der Waals surface area (Å²) in [5.74, 6) is 1.57. The van der Waals surface area contributed by atoms with Crippen molar-refractivity contribution in [3.05, 3.63) is 29.3 Å². The third-order valence-electron chi connectivity index (χ3n) is 6.62. The number of nitrogens with zero attached hydrogens (tertiary/aromatic N) is 1. The van der Waals surface area contributed by atoms with Gasteiger partial charge in [0.15, 0.2) is 0 Å². The van der Waals surface area contributed by atoms with Crippen LogP contribution in [0.15, 0.2) is 18.2 Å². The van der Waals surface area contributed by atoms with Crippen LogP contribution in [0.2, 0.25) is 0 Å². The lowest BCUT2D eigenvalue weighted by Crippen LogP contribution is -2.46. The molecule has 2 N–H and O–H groups in total. The number of rotatable bonds is 5. The van der Waals surface area contributed by atoms with Crippen molar-refractivity contribution in [3.63, 3.8) is 0 Å². The molecule has 0 spiro atoms. The zero-order valence-electron chi connectivity index (χ0n) is 16.5. The number of amides is 1. The molecule has 1 amide bonds. The summed E-state index contributed by atoms with van der Waals surface area (Å²) in [5.41, 5.74) is 2.39. The third kappa shape index (κ3) is 3.99. The number of benzene rings is 1. The SMILES string of the molecule is CC(C)N1CCC(C(=O)N[C@H](c2ccc3c(c2)CCO3)C2CC(O)C2)CC1. The minimum Gasteiger partial charge on any atom is -0.493 e. The Bertz CT molecular complexity index is 676. The van der Waals surface area contributed by atoms with Gasteiger partial charge in [-0.05, 0) is 81.8 Å². The van der Waals surface area contributed by atoms with Crippen molar-refractivity contribution in [3.8, 4) is 5.75 Å². The second kappa shape index (κ2) is 7.80. The van der Waals surface area contributed by atoms with E-state index in [1.807, 2.05) is 6.07 Å². The molecule has 0 unspecified atom stereocenters. The summed E-state index contributed by atoms with van der Waals surface area (Å²) in [6, 6.07) is 6.86. The fourth-order valence-electron chi connectivity index (χ4n) is 4.72. The Morgan fingerprint density at radius 1 is 1.26 bits per heavy atom. The third-order valence-corrected chi connectivity index (χ3v) is 6.62. The predicted molar refractivity (Wildman–Crippen MR) is 105 cm³/mol. The molecular formula is C22H32N2O3. The number of hydrogen-bond donors (Lipinski definition) is 2. The van der Waals surface area contributed by atoms with Crippen molar-refractivity contribution in [1.82, 2.24) is 10.2 Å². The highest BCUT2D eigenvalue weighted by Crippen LogP contribution is 2.40. The van der Waals surface area contributed by atoms with Crippen LogP contribution in [0, 0.1) is 11.8 Å². The molecule has 2 fully saturated rings. The molecule has 5 nitrogen and oxygen atoms in total. The fraction of sp³-hybridized carbons (Fsp3) is 0.682. The molecule has 2 heterocycles. The first-order chi connectivity index (χ1) is 13.0. The van der Waals surface area contributed by atoms with Gasteiger partial charge >= 0.3 is 0 Å². The number of piperidine rings is 1. The van der Waals surface area contributed by atoms with Crippen LogP contribution in [0.3, 0.4) is 0 Å². The monoisotopic (exact) mass is 372 g/mol. The van der Waals surface area contributed by atoms with Gasteiger partial charge in [0.2, 0.25) is 5.91 Å². The van der Waals surface area contributed by atoms with E-state index in [4.69, 9.17) is 4.74 Å². The molecule has 1 aromatic rings. The van der Waals surface area contributed by atoms with Crippen molar-refractivity contribution >= 4 is 5.91 Å². The Hall–Kier alpha value is -1.59. The molecule has 5 heteroatoms. The standard InChI is InChI=1S/C22H32N2O3/c1-14(2)24-8-5-15(6-9-24)22(26)23-21(18-12-19(25)13-18)17-3-4-20-16(11-17)7-10-27-20/h3-4,11,14-15,18-19,21,25H,5-10,12-13H2,1-2H3,(H,23,26)/t18?,19?,21-/m1/s1. The van der Waals surface area contributed by atoms with Crippen molar-refractivity contribution in [1.29, 1.82) is 0 Å². The van der Waals surface area contributed by atoms with Gasteiger partial charge in [0, 0.05) is 18.4 Å². The molecule has 1 saturated heterocycles. The minimum atomic E-state index is -0.221. The van der Waals surface area contributed by atoms with E-state index in [2.05, 4.69) is 36.2 Å². The average molecular weight is 373 g/mol. The van der Waals surface area contributed by atoms with Crippen molar-refractivity contribution in [2.45, 2.75) is 64.1 Å². The summed E-state index contributed by atoms with van der Waals surface area (Å²) >= 11 is 0. The van der Waals surface area contributed by atoms with Gasteiger partial charge in [0.25, 0.3) is 0 Å². The van der Waals surface area contributed by atoms with Gasteiger partial charge < -0.3 is 20.1 Å². The summed E-state index contributed by atoms with van der Waals surface area (Å²) in [5, 5.41) is 13.1. The molecular weight excluding hydrogens is 340 g/mol. The Labute approximate surface area is 162 Å². The highest BCUT2D eigenvalue weighted by Gasteiger charge is 2.37. The van der Waals surface area contributed by atoms with Gasteiger partial charge in [-0.2, -0.15) is 0 Å². The summed E-state index contributed by atoms with van der Waals surface area (Å²) < 4.78 is 5.62. The number of fused-ring (bicyclic) bond motifs is 1. The maximum Gasteiger partial charge on any atom is 0.223 e. The molecule has 0 aromatic heterocycles. The molecule has 3 aliphatic rings. The first-order valence-electron chi connectivity index (χ1n) is 10.5. The molecule has 1 saturated carbocycles. The number of aliphatic hydroxyl groups excluding tert-OH is 1. The first-order valence-corrected chi connectivity index (χ1v) is 10.5. The first kappa shape index (κ1) is 18.8. The number of hydrogen-bond acceptors (Lipinski definition) is 4. The lowest BCUT2D eigenvalue weighted by atomic mass is 9.74. The van der Waals surface area contributed by atoms with E-state index < -0.39 is 0 Å². The second-order valence-electron chi connectivity index (χ2n) is 8.74. The van der Waals surface area contributed by atoms with Crippen molar-refractivity contribution in [2.24, 2.45) is 11.8 Å². The van der Waals surface area contributed by atoms with Gasteiger partial charge in [-0.15, -0.1) is 0 Å². The number of likely N-dealkylation sites (tertiary alicyclic amines) is 1. The fourth-order valence-corrected chi connectivity index (χ4v) is 4.72. The highest BCUT2D eigenvalue weighted by atomic mass is 16.5. The lowest BCUT2D eigenvalue weighted by molar-refractivity contribution is -0.128. The van der Waals surface area contributed by atoms with E-state index in [0.29, 0.717) is 12.0 Å². The molecule has 148 valence electrons. The van der Waals surface area contributed by atoms with E-state index in [1.165, 1.54) is 5.56 Å². The zero-order valence-corrected chi connectivity index (χ0v) is 16.5. The smallest absolute Gasteiger partial charge is 0.223 e. The molecule has 1 atom stereocenters. The number of ether oxygens (including phenoxy) is 1. The Balaban J connectivity index is 1.45. The predicted octanol–water partition coefficient (Wildman–Crippen LogP) is 2.67. The number of carbonyl (C=O) groups is 1. The van der Waals surface area contributed by atoms with Crippen LogP contribution in [-0.4, -0.2) is 47.8 Å². The van der Waals surface area contributed by atoms with E-state index in [0.717, 1.165) is 63.1 Å². The summed E-state index contributed by atoms with van der Waals surface area (Å²) in [6.07, 6.45) is 4.12.